The summed E-state index contributed by atoms with van der Waals surface area (Å²) in [4.78, 5) is 48.3. The molecule has 1 N–H and O–H groups in total. The molecule has 0 unspecified atom stereocenters. The fourth-order valence-electron chi connectivity index (χ4n) is 5.78. The fraction of sp³-hybridized carbons (Fsp3) is 0.278. The highest BCUT2D eigenvalue weighted by molar-refractivity contribution is 7.22. The maximum Gasteiger partial charge on any atom is 0.410 e. The van der Waals surface area contributed by atoms with Crippen molar-refractivity contribution in [3.8, 4) is 21.7 Å². The van der Waals surface area contributed by atoms with E-state index < -0.39 is 29.5 Å². The number of benzene rings is 2. The topological polar surface area (TPSA) is 123 Å². The van der Waals surface area contributed by atoms with Gasteiger partial charge in [-0.2, -0.15) is 0 Å². The van der Waals surface area contributed by atoms with Gasteiger partial charge in [-0.25, -0.2) is 14.2 Å². The molecule has 4 heterocycles. The molecule has 3 aromatic heterocycles. The van der Waals surface area contributed by atoms with E-state index >= 15 is 4.39 Å². The van der Waals surface area contributed by atoms with Crippen LogP contribution in [0.25, 0.3) is 31.8 Å². The molecule has 1 aliphatic heterocycles. The van der Waals surface area contributed by atoms with Crippen LogP contribution in [0, 0.1) is 5.82 Å². The molecule has 1 atom stereocenters. The number of fused-ring (bicyclic) bond motifs is 1. The molecule has 1 aliphatic rings. The normalized spacial score (nSPS) is 14.8. The lowest BCUT2D eigenvalue weighted by atomic mass is 10.0. The van der Waals surface area contributed by atoms with Crippen molar-refractivity contribution in [3.05, 3.63) is 91.0 Å². The molecule has 11 nitrogen and oxygen atoms in total. The van der Waals surface area contributed by atoms with Crippen molar-refractivity contribution in [1.29, 1.82) is 0 Å². The molecular weight excluding hydrogens is 646 g/mol. The van der Waals surface area contributed by atoms with Gasteiger partial charge in [0.25, 0.3) is 5.91 Å². The summed E-state index contributed by atoms with van der Waals surface area (Å²) < 4.78 is 23.9. The van der Waals surface area contributed by atoms with Gasteiger partial charge < -0.3 is 15.0 Å². The number of aryl methyl sites for hydroxylation is 1. The van der Waals surface area contributed by atoms with E-state index in [2.05, 4.69) is 22.2 Å². The largest absolute Gasteiger partial charge is 0.444 e. The van der Waals surface area contributed by atoms with Crippen molar-refractivity contribution >= 4 is 50.8 Å². The lowest BCUT2D eigenvalue weighted by molar-refractivity contribution is -0.111. The molecule has 2 aromatic carbocycles. The summed E-state index contributed by atoms with van der Waals surface area (Å²) in [7, 11) is 1.72. The number of hydrogen-bond donors (Lipinski definition) is 1. The van der Waals surface area contributed by atoms with Crippen LogP contribution in [-0.2, 0) is 16.6 Å². The average molecular weight is 682 g/mol. The number of carbonyl (C=O) groups excluding carboxylic acids is 3. The molecule has 49 heavy (non-hydrogen) atoms. The summed E-state index contributed by atoms with van der Waals surface area (Å²) in [6.45, 7) is 9.57. The molecule has 13 heteroatoms. The molecule has 0 spiro atoms. The number of nitrogens with zero attached hydrogens (tertiary/aromatic N) is 6. The van der Waals surface area contributed by atoms with Gasteiger partial charge in [-0.15, -0.1) is 16.4 Å². The number of halogens is 1. The summed E-state index contributed by atoms with van der Waals surface area (Å²) >= 11 is 1.50. The van der Waals surface area contributed by atoms with Gasteiger partial charge in [-0.05, 0) is 81.7 Å². The van der Waals surface area contributed by atoms with Crippen molar-refractivity contribution < 1.29 is 23.5 Å². The number of carbonyl (C=O) groups is 3. The van der Waals surface area contributed by atoms with Gasteiger partial charge >= 0.3 is 6.09 Å². The van der Waals surface area contributed by atoms with E-state index in [1.165, 1.54) is 39.1 Å². The van der Waals surface area contributed by atoms with E-state index in [4.69, 9.17) is 9.72 Å². The number of aromatic nitrogens is 4. The second-order valence-corrected chi connectivity index (χ2v) is 13.9. The highest BCUT2D eigenvalue weighted by Gasteiger charge is 2.36. The summed E-state index contributed by atoms with van der Waals surface area (Å²) in [6.07, 6.45) is 5.19. The van der Waals surface area contributed by atoms with Crippen molar-refractivity contribution in [2.24, 2.45) is 7.05 Å². The lowest BCUT2D eigenvalue weighted by Gasteiger charge is -2.39. The zero-order valence-electron chi connectivity index (χ0n) is 27.6. The average Bonchev–Trinajstić information content (AvgIpc) is 3.71. The highest BCUT2D eigenvalue weighted by atomic mass is 32.1. The zero-order valence-corrected chi connectivity index (χ0v) is 28.5. The Morgan fingerprint density at radius 2 is 1.94 bits per heavy atom. The van der Waals surface area contributed by atoms with Gasteiger partial charge in [0.1, 0.15) is 22.9 Å². The van der Waals surface area contributed by atoms with Crippen LogP contribution >= 0.6 is 11.3 Å². The Morgan fingerprint density at radius 1 is 1.12 bits per heavy atom. The third-order valence-corrected chi connectivity index (χ3v) is 9.13. The first kappa shape index (κ1) is 33.5. The SMILES string of the molecule is C=CC(=O)Nc1cccc(-c2cc3c(N(C(=O)c4ccc(-c5cn(C)nn5)cc4F)[C@@H]4CCCN(C(=O)OC(C)(C)C)C4)nccc3s2)c1. The minimum Gasteiger partial charge on any atom is -0.444 e. The number of nitrogens with one attached hydrogen (secondary N) is 1. The first-order valence-corrected chi connectivity index (χ1v) is 16.6. The van der Waals surface area contributed by atoms with E-state index in [1.54, 1.807) is 57.2 Å². The van der Waals surface area contributed by atoms with Gasteiger partial charge in [-0.3, -0.25) is 19.2 Å². The number of likely N-dealkylation sites (tertiary alicyclic amines) is 1. The number of thiophene rings is 1. The number of ether oxygens (including phenoxy) is 1. The monoisotopic (exact) mass is 681 g/mol. The number of anilines is 2. The second kappa shape index (κ2) is 13.6. The zero-order chi connectivity index (χ0) is 34.9. The Hall–Kier alpha value is -5.43. The lowest BCUT2D eigenvalue weighted by Crippen LogP contribution is -2.53. The predicted molar refractivity (Wildman–Crippen MR) is 188 cm³/mol. The number of pyridine rings is 1. The smallest absolute Gasteiger partial charge is 0.410 e. The quantitative estimate of drug-likeness (QED) is 0.182. The first-order chi connectivity index (χ1) is 23.4. The van der Waals surface area contributed by atoms with E-state index in [9.17, 15) is 14.4 Å². The Morgan fingerprint density at radius 3 is 2.65 bits per heavy atom. The summed E-state index contributed by atoms with van der Waals surface area (Å²) in [5.74, 6) is -1.26. The highest BCUT2D eigenvalue weighted by Crippen LogP contribution is 2.40. The molecule has 1 saturated heterocycles. The molecule has 6 rings (SSSR count). The van der Waals surface area contributed by atoms with Crippen molar-refractivity contribution in [3.63, 3.8) is 0 Å². The van der Waals surface area contributed by atoms with Crippen molar-refractivity contribution in [2.45, 2.75) is 45.3 Å². The number of piperidine rings is 1. The van der Waals surface area contributed by atoms with Crippen LogP contribution in [0.2, 0.25) is 0 Å². The number of hydrogen-bond acceptors (Lipinski definition) is 8. The van der Waals surface area contributed by atoms with Gasteiger partial charge in [0, 0.05) is 52.5 Å². The molecule has 0 bridgehead atoms. The first-order valence-electron chi connectivity index (χ1n) is 15.8. The molecule has 0 saturated carbocycles. The van der Waals surface area contributed by atoms with E-state index in [0.717, 1.165) is 15.1 Å². The third-order valence-electron chi connectivity index (χ3n) is 7.98. The van der Waals surface area contributed by atoms with Gasteiger partial charge in [0.15, 0.2) is 0 Å². The van der Waals surface area contributed by atoms with Gasteiger partial charge in [0.05, 0.1) is 17.8 Å². The molecule has 5 aromatic rings. The van der Waals surface area contributed by atoms with Crippen LogP contribution in [0.5, 0.6) is 0 Å². The van der Waals surface area contributed by atoms with Crippen LogP contribution < -0.4 is 10.2 Å². The van der Waals surface area contributed by atoms with Crippen LogP contribution in [-0.4, -0.2) is 67.5 Å². The van der Waals surface area contributed by atoms with Crippen LogP contribution in [0.3, 0.4) is 0 Å². The van der Waals surface area contributed by atoms with Crippen molar-refractivity contribution in [2.75, 3.05) is 23.3 Å². The standard InChI is InChI=1S/C36H36FN7O4S/c1-6-32(45)39-24-10-7-9-23(17-24)31-19-27-30(49-31)14-15-38-33(27)44(25-11-8-16-43(20-25)35(47)48-36(2,3)4)34(46)26-13-12-22(18-28(26)37)29-21-42(5)41-40-29/h6-7,9-10,12-15,17-19,21,25H,1,8,11,16,20H2,2-5H3,(H,39,45)/t25-/m1/s1. The minimum absolute atomic E-state index is 0.137. The Balaban J connectivity index is 1.42. The Bertz CT molecular complexity index is 2070. The summed E-state index contributed by atoms with van der Waals surface area (Å²) in [6, 6.07) is 15.1. The predicted octanol–water partition coefficient (Wildman–Crippen LogP) is 7.07. The van der Waals surface area contributed by atoms with Crippen LogP contribution in [0.4, 0.5) is 20.7 Å². The van der Waals surface area contributed by atoms with Crippen molar-refractivity contribution in [1.82, 2.24) is 24.9 Å². The number of amides is 3. The molecule has 252 valence electrons. The van der Waals surface area contributed by atoms with Crippen LogP contribution in [0.15, 0.2) is 79.6 Å². The van der Waals surface area contributed by atoms with Gasteiger partial charge in [0.2, 0.25) is 5.91 Å². The molecule has 0 aliphatic carbocycles. The molecule has 1 fully saturated rings. The Kier molecular flexibility index (Phi) is 9.28. The van der Waals surface area contributed by atoms with E-state index in [0.29, 0.717) is 47.5 Å². The van der Waals surface area contributed by atoms with Gasteiger partial charge in [-0.1, -0.05) is 30.0 Å². The molecule has 3 amide bonds. The minimum atomic E-state index is -0.713. The van der Waals surface area contributed by atoms with Crippen LogP contribution in [0.1, 0.15) is 44.0 Å². The fourth-order valence-corrected chi connectivity index (χ4v) is 6.82. The van der Waals surface area contributed by atoms with E-state index in [-0.39, 0.29) is 18.0 Å². The third kappa shape index (κ3) is 7.36. The Labute approximate surface area is 287 Å². The molecule has 0 radical (unpaired) electrons. The second-order valence-electron chi connectivity index (χ2n) is 12.8. The maximum atomic E-state index is 15.9. The summed E-state index contributed by atoms with van der Waals surface area (Å²) in [5, 5.41) is 11.5. The number of rotatable bonds is 7. The molecular formula is C36H36FN7O4S. The summed E-state index contributed by atoms with van der Waals surface area (Å²) in [5.41, 5.74) is 1.59. The van der Waals surface area contributed by atoms with E-state index in [1.807, 2.05) is 30.3 Å². The maximum absolute atomic E-state index is 15.9.